The molecule has 0 aromatic heterocycles. The largest absolute Gasteiger partial charge is 0.383 e. The topological polar surface area (TPSA) is 54.0 Å². The lowest BCUT2D eigenvalue weighted by molar-refractivity contribution is -0.132. The number of methoxy groups -OCH3 is 1. The van der Waals surface area contributed by atoms with Crippen LogP contribution in [-0.4, -0.2) is 88.5 Å². The number of halogens is 2. The lowest BCUT2D eigenvalue weighted by Crippen LogP contribution is -2.52. The summed E-state index contributed by atoms with van der Waals surface area (Å²) in [5, 5.41) is 3.12. The molecule has 1 N–H and O–H groups in total. The Morgan fingerprint density at radius 1 is 1.17 bits per heavy atom. The van der Waals surface area contributed by atoms with Crippen molar-refractivity contribution in [2.24, 2.45) is 5.92 Å². The van der Waals surface area contributed by atoms with Crippen LogP contribution in [0.5, 0.6) is 0 Å². The summed E-state index contributed by atoms with van der Waals surface area (Å²) in [7, 11) is 1.67. The van der Waals surface area contributed by atoms with Gasteiger partial charge in [-0.25, -0.2) is 0 Å². The van der Waals surface area contributed by atoms with Gasteiger partial charge >= 0.3 is 0 Å². The van der Waals surface area contributed by atoms with E-state index in [1.54, 1.807) is 7.11 Å². The van der Waals surface area contributed by atoms with Crippen LogP contribution in [0, 0.1) is 5.92 Å². The van der Waals surface area contributed by atoms with Gasteiger partial charge in [0.25, 0.3) is 0 Å². The zero-order chi connectivity index (χ0) is 14.9. The Hall–Kier alpha value is -0.110. The number of piperazine rings is 1. The van der Waals surface area contributed by atoms with E-state index in [0.29, 0.717) is 13.2 Å². The Labute approximate surface area is 152 Å². The van der Waals surface area contributed by atoms with Gasteiger partial charge in [-0.2, -0.15) is 0 Å². The number of hydrogen-bond acceptors (Lipinski definition) is 5. The van der Waals surface area contributed by atoms with E-state index >= 15 is 0 Å². The highest BCUT2D eigenvalue weighted by atomic mass is 35.5. The molecule has 138 valence electrons. The zero-order valence-electron chi connectivity index (χ0n) is 14.0. The Bertz CT molecular complexity index is 310. The number of rotatable bonds is 7. The maximum atomic E-state index is 12.0. The molecule has 0 aromatic rings. The highest BCUT2D eigenvalue weighted by Crippen LogP contribution is 2.17. The second-order valence-corrected chi connectivity index (χ2v) is 5.91. The van der Waals surface area contributed by atoms with E-state index in [9.17, 15) is 4.79 Å². The van der Waals surface area contributed by atoms with Gasteiger partial charge in [-0.1, -0.05) is 0 Å². The molecule has 2 fully saturated rings. The number of carbonyl (C=O) groups is 1. The Morgan fingerprint density at radius 3 is 2.43 bits per heavy atom. The number of hydrogen-bond donors (Lipinski definition) is 1. The third-order valence-corrected chi connectivity index (χ3v) is 4.34. The quantitative estimate of drug-likeness (QED) is 0.665. The van der Waals surface area contributed by atoms with Gasteiger partial charge in [-0.15, -0.1) is 24.8 Å². The second kappa shape index (κ2) is 13.2. The summed E-state index contributed by atoms with van der Waals surface area (Å²) < 4.78 is 10.4. The van der Waals surface area contributed by atoms with Crippen molar-refractivity contribution < 1.29 is 14.3 Å². The summed E-state index contributed by atoms with van der Waals surface area (Å²) >= 11 is 0. The molecule has 2 aliphatic heterocycles. The summed E-state index contributed by atoms with van der Waals surface area (Å²) in [6.07, 6.45) is 2.37. The fourth-order valence-electron chi connectivity index (χ4n) is 2.96. The van der Waals surface area contributed by atoms with Crippen LogP contribution in [0.4, 0.5) is 0 Å². The molecule has 0 saturated carbocycles. The first-order valence-electron chi connectivity index (χ1n) is 8.07. The minimum atomic E-state index is 0. The third kappa shape index (κ3) is 8.52. The molecule has 0 unspecified atom stereocenters. The SMILES string of the molecule is COCCNCC(=O)N1CCN(CC2CCOCC2)CC1.Cl.Cl. The smallest absolute Gasteiger partial charge is 0.236 e. The normalized spacial score (nSPS) is 19.8. The highest BCUT2D eigenvalue weighted by Gasteiger charge is 2.23. The summed E-state index contributed by atoms with van der Waals surface area (Å²) in [5.41, 5.74) is 0. The van der Waals surface area contributed by atoms with Gasteiger partial charge < -0.3 is 19.7 Å². The average Bonchev–Trinajstić information content (AvgIpc) is 2.53. The van der Waals surface area contributed by atoms with E-state index in [4.69, 9.17) is 9.47 Å². The van der Waals surface area contributed by atoms with Crippen LogP contribution in [0.15, 0.2) is 0 Å². The van der Waals surface area contributed by atoms with Gasteiger partial charge in [0.05, 0.1) is 13.2 Å². The molecule has 1 amide bonds. The molecule has 23 heavy (non-hydrogen) atoms. The number of ether oxygens (including phenoxy) is 2. The van der Waals surface area contributed by atoms with Crippen LogP contribution in [-0.2, 0) is 14.3 Å². The van der Waals surface area contributed by atoms with Crippen molar-refractivity contribution in [3.63, 3.8) is 0 Å². The summed E-state index contributed by atoms with van der Waals surface area (Å²) in [4.78, 5) is 16.5. The fourth-order valence-corrected chi connectivity index (χ4v) is 2.96. The van der Waals surface area contributed by atoms with Crippen LogP contribution in [0.25, 0.3) is 0 Å². The minimum Gasteiger partial charge on any atom is -0.383 e. The first-order chi connectivity index (χ1) is 10.3. The van der Waals surface area contributed by atoms with Gasteiger partial charge in [-0.3, -0.25) is 9.69 Å². The van der Waals surface area contributed by atoms with Gasteiger partial charge in [0.15, 0.2) is 0 Å². The van der Waals surface area contributed by atoms with Crippen molar-refractivity contribution >= 4 is 30.7 Å². The molecule has 0 aliphatic carbocycles. The number of nitrogens with one attached hydrogen (secondary N) is 1. The van der Waals surface area contributed by atoms with Gasteiger partial charge in [0, 0.05) is 59.6 Å². The number of carbonyl (C=O) groups excluding carboxylic acids is 1. The molecule has 2 saturated heterocycles. The van der Waals surface area contributed by atoms with Crippen molar-refractivity contribution in [2.75, 3.05) is 72.7 Å². The maximum absolute atomic E-state index is 12.0. The number of nitrogens with zero attached hydrogens (tertiary/aromatic N) is 2. The summed E-state index contributed by atoms with van der Waals surface area (Å²) in [5.74, 6) is 0.980. The fraction of sp³-hybridized carbons (Fsp3) is 0.933. The first kappa shape index (κ1) is 22.9. The summed E-state index contributed by atoms with van der Waals surface area (Å²) in [6, 6.07) is 0. The van der Waals surface area contributed by atoms with E-state index in [0.717, 1.165) is 58.4 Å². The Balaban J connectivity index is 0.00000242. The highest BCUT2D eigenvalue weighted by molar-refractivity contribution is 5.85. The predicted molar refractivity (Wildman–Crippen MR) is 95.8 cm³/mol. The van der Waals surface area contributed by atoms with Gasteiger partial charge in [0.1, 0.15) is 0 Å². The van der Waals surface area contributed by atoms with E-state index in [-0.39, 0.29) is 30.7 Å². The van der Waals surface area contributed by atoms with Crippen molar-refractivity contribution in [2.45, 2.75) is 12.8 Å². The molecule has 6 nitrogen and oxygen atoms in total. The van der Waals surface area contributed by atoms with E-state index in [1.165, 1.54) is 12.8 Å². The van der Waals surface area contributed by atoms with Gasteiger partial charge in [0.2, 0.25) is 5.91 Å². The lowest BCUT2D eigenvalue weighted by Gasteiger charge is -2.37. The van der Waals surface area contributed by atoms with Crippen LogP contribution >= 0.6 is 24.8 Å². The number of amides is 1. The van der Waals surface area contributed by atoms with Crippen molar-refractivity contribution in [3.05, 3.63) is 0 Å². The Kier molecular flexibility index (Phi) is 13.1. The maximum Gasteiger partial charge on any atom is 0.236 e. The van der Waals surface area contributed by atoms with Gasteiger partial charge in [-0.05, 0) is 18.8 Å². The molecular formula is C15H31Cl2N3O3. The molecule has 2 rings (SSSR count). The van der Waals surface area contributed by atoms with Crippen LogP contribution in [0.3, 0.4) is 0 Å². The molecule has 0 radical (unpaired) electrons. The standard InChI is InChI=1S/C15H29N3O3.2ClH/c1-20-11-4-16-12-15(19)18-7-5-17(6-8-18)13-14-2-9-21-10-3-14;;/h14,16H,2-13H2,1H3;2*1H. The molecule has 2 aliphatic rings. The van der Waals surface area contributed by atoms with Crippen molar-refractivity contribution in [1.82, 2.24) is 15.1 Å². The third-order valence-electron chi connectivity index (χ3n) is 4.34. The predicted octanol–water partition coefficient (Wildman–Crippen LogP) is 0.637. The van der Waals surface area contributed by atoms with E-state index < -0.39 is 0 Å². The minimum absolute atomic E-state index is 0. The van der Waals surface area contributed by atoms with E-state index in [1.807, 2.05) is 4.90 Å². The molecule has 0 spiro atoms. The monoisotopic (exact) mass is 371 g/mol. The second-order valence-electron chi connectivity index (χ2n) is 5.91. The van der Waals surface area contributed by atoms with Crippen LogP contribution in [0.2, 0.25) is 0 Å². The summed E-state index contributed by atoms with van der Waals surface area (Å²) in [6.45, 7) is 8.50. The first-order valence-corrected chi connectivity index (χ1v) is 8.07. The van der Waals surface area contributed by atoms with Crippen LogP contribution < -0.4 is 5.32 Å². The molecule has 0 bridgehead atoms. The van der Waals surface area contributed by atoms with Crippen molar-refractivity contribution in [3.8, 4) is 0 Å². The average molecular weight is 372 g/mol. The van der Waals surface area contributed by atoms with Crippen molar-refractivity contribution in [1.29, 1.82) is 0 Å². The van der Waals surface area contributed by atoms with E-state index in [2.05, 4.69) is 10.2 Å². The molecule has 0 aromatic carbocycles. The molecule has 0 atom stereocenters. The lowest BCUT2D eigenvalue weighted by atomic mass is 9.99. The molecule has 8 heteroatoms. The van der Waals surface area contributed by atoms with Crippen LogP contribution in [0.1, 0.15) is 12.8 Å². The molecular weight excluding hydrogens is 341 g/mol. The zero-order valence-corrected chi connectivity index (χ0v) is 15.6. The molecule has 2 heterocycles. The Morgan fingerprint density at radius 2 is 1.83 bits per heavy atom.